The van der Waals surface area contributed by atoms with E-state index in [1.807, 2.05) is 6.92 Å². The number of aromatic nitrogens is 1. The lowest BCUT2D eigenvalue weighted by molar-refractivity contribution is -0.137. The molecule has 1 aromatic heterocycles. The third kappa shape index (κ3) is 6.32. The van der Waals surface area contributed by atoms with Gasteiger partial charge in [-0.05, 0) is 26.3 Å². The molecule has 9 heteroatoms. The molecule has 1 amide bonds. The summed E-state index contributed by atoms with van der Waals surface area (Å²) >= 11 is 1.71. The standard InChI is InChI=1S/C15H24N4OS.3ClH/c1-12-17-14(11-21-12)10-18-5-7-19(8-6-18)15(20)13-3-2-4-16-9-13;;;/h11,13,16H,2-10H2,1H3;3*1H. The Morgan fingerprint density at radius 1 is 1.29 bits per heavy atom. The van der Waals surface area contributed by atoms with Crippen LogP contribution in [0.5, 0.6) is 0 Å². The van der Waals surface area contributed by atoms with E-state index < -0.39 is 0 Å². The Hall–Kier alpha value is -0.110. The number of carbonyl (C=O) groups is 1. The molecular formula is C15H27Cl3N4OS. The molecule has 140 valence electrons. The quantitative estimate of drug-likeness (QED) is 0.820. The van der Waals surface area contributed by atoms with Crippen LogP contribution >= 0.6 is 48.6 Å². The lowest BCUT2D eigenvalue weighted by atomic mass is 9.98. The van der Waals surface area contributed by atoms with Gasteiger partial charge in [-0.3, -0.25) is 9.69 Å². The van der Waals surface area contributed by atoms with Crippen molar-refractivity contribution in [3.8, 4) is 0 Å². The summed E-state index contributed by atoms with van der Waals surface area (Å²) in [4.78, 5) is 21.5. The second-order valence-corrected chi connectivity index (χ2v) is 7.06. The van der Waals surface area contributed by atoms with Gasteiger partial charge in [-0.1, -0.05) is 0 Å². The first kappa shape index (κ1) is 23.9. The molecule has 2 aliphatic heterocycles. The molecule has 0 spiro atoms. The van der Waals surface area contributed by atoms with Gasteiger partial charge >= 0.3 is 0 Å². The van der Waals surface area contributed by atoms with Gasteiger partial charge in [0.1, 0.15) is 0 Å². The average molecular weight is 418 g/mol. The Labute approximate surface area is 166 Å². The van der Waals surface area contributed by atoms with E-state index in [-0.39, 0.29) is 43.1 Å². The molecule has 0 aromatic carbocycles. The zero-order valence-corrected chi connectivity index (χ0v) is 17.2. The highest BCUT2D eigenvalue weighted by atomic mass is 35.5. The number of piperidine rings is 1. The second kappa shape index (κ2) is 11.5. The lowest BCUT2D eigenvalue weighted by Gasteiger charge is -2.37. The van der Waals surface area contributed by atoms with Gasteiger partial charge in [0.2, 0.25) is 5.91 Å². The van der Waals surface area contributed by atoms with E-state index in [1.165, 1.54) is 0 Å². The summed E-state index contributed by atoms with van der Waals surface area (Å²) in [5, 5.41) is 6.60. The Morgan fingerprint density at radius 3 is 2.54 bits per heavy atom. The van der Waals surface area contributed by atoms with Crippen molar-refractivity contribution in [1.29, 1.82) is 0 Å². The van der Waals surface area contributed by atoms with E-state index >= 15 is 0 Å². The maximum Gasteiger partial charge on any atom is 0.227 e. The molecule has 2 fully saturated rings. The molecule has 5 nitrogen and oxygen atoms in total. The number of nitrogens with zero attached hydrogens (tertiary/aromatic N) is 3. The van der Waals surface area contributed by atoms with E-state index in [4.69, 9.17) is 0 Å². The predicted octanol–water partition coefficient (Wildman–Crippen LogP) is 2.36. The van der Waals surface area contributed by atoms with Crippen molar-refractivity contribution in [2.24, 2.45) is 5.92 Å². The van der Waals surface area contributed by atoms with Crippen molar-refractivity contribution in [3.63, 3.8) is 0 Å². The minimum atomic E-state index is 0. The Balaban J connectivity index is 0.00000176. The van der Waals surface area contributed by atoms with Crippen molar-refractivity contribution in [2.45, 2.75) is 26.3 Å². The maximum atomic E-state index is 12.5. The van der Waals surface area contributed by atoms with Crippen LogP contribution in [0.1, 0.15) is 23.5 Å². The molecule has 1 unspecified atom stereocenters. The number of carbonyl (C=O) groups excluding carboxylic acids is 1. The number of halogens is 3. The van der Waals surface area contributed by atoms with Gasteiger partial charge in [-0.2, -0.15) is 0 Å². The number of nitrogens with one attached hydrogen (secondary N) is 1. The summed E-state index contributed by atoms with van der Waals surface area (Å²) < 4.78 is 0. The van der Waals surface area contributed by atoms with E-state index in [2.05, 4.69) is 25.5 Å². The maximum absolute atomic E-state index is 12.5. The van der Waals surface area contributed by atoms with Crippen LogP contribution in [0.4, 0.5) is 0 Å². The summed E-state index contributed by atoms with van der Waals surface area (Å²) in [5.41, 5.74) is 1.16. The number of rotatable bonds is 3. The van der Waals surface area contributed by atoms with Crippen LogP contribution in [-0.4, -0.2) is 60.0 Å². The van der Waals surface area contributed by atoms with Crippen molar-refractivity contribution < 1.29 is 4.79 Å². The molecule has 0 bridgehead atoms. The Kier molecular flexibility index (Phi) is 11.4. The van der Waals surface area contributed by atoms with Gasteiger partial charge in [0, 0.05) is 44.6 Å². The van der Waals surface area contributed by atoms with Crippen LogP contribution in [0, 0.1) is 12.8 Å². The first-order chi connectivity index (χ1) is 10.2. The van der Waals surface area contributed by atoms with Crippen LogP contribution in [-0.2, 0) is 11.3 Å². The van der Waals surface area contributed by atoms with Crippen LogP contribution < -0.4 is 5.32 Å². The van der Waals surface area contributed by atoms with E-state index in [0.717, 1.165) is 69.4 Å². The average Bonchev–Trinajstić information content (AvgIpc) is 2.93. The number of hydrogen-bond acceptors (Lipinski definition) is 5. The molecule has 0 saturated carbocycles. The number of aryl methyl sites for hydroxylation is 1. The number of amides is 1. The van der Waals surface area contributed by atoms with Crippen molar-refractivity contribution >= 4 is 54.5 Å². The van der Waals surface area contributed by atoms with Crippen molar-refractivity contribution in [1.82, 2.24) is 20.1 Å². The second-order valence-electron chi connectivity index (χ2n) is 6.00. The monoisotopic (exact) mass is 416 g/mol. The summed E-state index contributed by atoms with van der Waals surface area (Å²) in [6, 6.07) is 0. The zero-order valence-electron chi connectivity index (χ0n) is 13.9. The molecule has 1 N–H and O–H groups in total. The molecule has 2 aliphatic rings. The topological polar surface area (TPSA) is 48.5 Å². The Bertz CT molecular complexity index is 489. The van der Waals surface area contributed by atoms with Crippen LogP contribution in [0.2, 0.25) is 0 Å². The highest BCUT2D eigenvalue weighted by molar-refractivity contribution is 7.09. The normalized spacial score (nSPS) is 21.2. The predicted molar refractivity (Wildman–Crippen MR) is 106 cm³/mol. The third-order valence-corrected chi connectivity index (χ3v) is 5.20. The SMILES string of the molecule is Cc1nc(CN2CCN(C(=O)C3CCCNC3)CC2)cs1.Cl.Cl.Cl. The van der Waals surface area contributed by atoms with Gasteiger partial charge < -0.3 is 10.2 Å². The Morgan fingerprint density at radius 2 is 2.00 bits per heavy atom. The van der Waals surface area contributed by atoms with E-state index in [1.54, 1.807) is 11.3 Å². The number of piperazine rings is 1. The molecule has 0 radical (unpaired) electrons. The molecular weight excluding hydrogens is 391 g/mol. The molecule has 3 rings (SSSR count). The minimum Gasteiger partial charge on any atom is -0.340 e. The van der Waals surface area contributed by atoms with Crippen LogP contribution in [0.3, 0.4) is 0 Å². The number of hydrogen-bond donors (Lipinski definition) is 1. The zero-order chi connectivity index (χ0) is 14.7. The van der Waals surface area contributed by atoms with Crippen molar-refractivity contribution in [3.05, 3.63) is 16.1 Å². The highest BCUT2D eigenvalue weighted by Crippen LogP contribution is 2.16. The number of thiazole rings is 1. The fraction of sp³-hybridized carbons (Fsp3) is 0.733. The van der Waals surface area contributed by atoms with Crippen molar-refractivity contribution in [2.75, 3.05) is 39.3 Å². The molecule has 2 saturated heterocycles. The van der Waals surface area contributed by atoms with Gasteiger partial charge in [0.25, 0.3) is 0 Å². The summed E-state index contributed by atoms with van der Waals surface area (Å²) in [6.45, 7) is 8.52. The smallest absolute Gasteiger partial charge is 0.227 e. The van der Waals surface area contributed by atoms with Crippen LogP contribution in [0.25, 0.3) is 0 Å². The first-order valence-electron chi connectivity index (χ1n) is 7.85. The molecule has 1 atom stereocenters. The fourth-order valence-corrected chi connectivity index (χ4v) is 3.76. The molecule has 24 heavy (non-hydrogen) atoms. The van der Waals surface area contributed by atoms with Gasteiger partial charge in [-0.15, -0.1) is 48.6 Å². The van der Waals surface area contributed by atoms with Gasteiger partial charge in [-0.25, -0.2) is 4.98 Å². The van der Waals surface area contributed by atoms with Gasteiger partial charge in [0.15, 0.2) is 0 Å². The fourth-order valence-electron chi connectivity index (χ4n) is 3.16. The summed E-state index contributed by atoms with van der Waals surface area (Å²) in [7, 11) is 0. The van der Waals surface area contributed by atoms with Gasteiger partial charge in [0.05, 0.1) is 16.6 Å². The minimum absolute atomic E-state index is 0. The third-order valence-electron chi connectivity index (χ3n) is 4.38. The summed E-state index contributed by atoms with van der Waals surface area (Å²) in [6.07, 6.45) is 2.17. The largest absolute Gasteiger partial charge is 0.340 e. The van der Waals surface area contributed by atoms with E-state index in [9.17, 15) is 4.79 Å². The molecule has 1 aromatic rings. The highest BCUT2D eigenvalue weighted by Gasteiger charge is 2.28. The lowest BCUT2D eigenvalue weighted by Crippen LogP contribution is -2.51. The summed E-state index contributed by atoms with van der Waals surface area (Å²) in [5.74, 6) is 0.554. The first-order valence-corrected chi connectivity index (χ1v) is 8.73. The molecule has 0 aliphatic carbocycles. The van der Waals surface area contributed by atoms with E-state index in [0.29, 0.717) is 5.91 Å². The van der Waals surface area contributed by atoms with Crippen LogP contribution in [0.15, 0.2) is 5.38 Å². The molecule has 3 heterocycles.